The van der Waals surface area contributed by atoms with Gasteiger partial charge in [-0.3, -0.25) is 0 Å². The number of nitrogens with zero attached hydrogens (tertiary/aromatic N) is 1. The first-order valence-corrected chi connectivity index (χ1v) is 6.21. The van der Waals surface area contributed by atoms with Gasteiger partial charge in [-0.2, -0.15) is 16.8 Å². The molecular weight excluding hydrogens is 238 g/mol. The van der Waals surface area contributed by atoms with Gasteiger partial charge in [0.1, 0.15) is 0 Å². The monoisotopic (exact) mass is 243 g/mol. The number of hydrogen-bond acceptors (Lipinski definition) is 2. The molecule has 0 aliphatic rings. The zero-order valence-electron chi connectivity index (χ0n) is 6.64. The minimum Gasteiger partial charge on any atom is -0.169 e. The lowest BCUT2D eigenvalue weighted by molar-refractivity contribution is 0.554. The molecule has 0 saturated carbocycles. The van der Waals surface area contributed by atoms with Crippen LogP contribution in [-0.2, 0) is 10.4 Å². The highest BCUT2D eigenvalue weighted by atomic mass is 32.3. The summed E-state index contributed by atoms with van der Waals surface area (Å²) >= 11 is 0. The topological polar surface area (TPSA) is 46.5 Å². The second kappa shape index (κ2) is 3.74. The summed E-state index contributed by atoms with van der Waals surface area (Å²) in [6.45, 7) is 0. The lowest BCUT2D eigenvalue weighted by atomic mass is 10.4. The van der Waals surface area contributed by atoms with Crippen LogP contribution in [0.5, 0.6) is 0 Å². The van der Waals surface area contributed by atoms with E-state index in [0.29, 0.717) is 0 Å². The molecule has 0 fully saturated rings. The van der Waals surface area contributed by atoms with Crippen LogP contribution in [0.25, 0.3) is 0 Å². The molecule has 1 rings (SSSR count). The van der Waals surface area contributed by atoms with Crippen LogP contribution in [0, 0.1) is 0 Å². The molecule has 0 unspecified atom stereocenters. The largest absolute Gasteiger partial charge is 0.421 e. The van der Waals surface area contributed by atoms with Crippen LogP contribution >= 0.6 is 7.68 Å². The lowest BCUT2D eigenvalue weighted by Crippen LogP contribution is -1.98. The number of rotatable bonds is 2. The molecule has 0 aliphatic heterocycles. The molecule has 8 heteroatoms. The van der Waals surface area contributed by atoms with Gasteiger partial charge >= 0.3 is 18.1 Å². The van der Waals surface area contributed by atoms with Crippen molar-refractivity contribution in [3.8, 4) is 0 Å². The Morgan fingerprint density at radius 3 is 2.07 bits per heavy atom. The Morgan fingerprint density at radius 2 is 1.64 bits per heavy atom. The summed E-state index contributed by atoms with van der Waals surface area (Å²) < 4.78 is 59.6. The molecule has 3 nitrogen and oxygen atoms in total. The highest BCUT2D eigenvalue weighted by molar-refractivity contribution is 7.89. The van der Waals surface area contributed by atoms with Crippen molar-refractivity contribution >= 4 is 23.4 Å². The summed E-state index contributed by atoms with van der Waals surface area (Å²) in [5.74, 6) is 0. The SMILES string of the molecule is O=S(=O)(F)N=P(F)(F)c1ccccc1. The van der Waals surface area contributed by atoms with Crippen molar-refractivity contribution in [2.24, 2.45) is 4.15 Å². The van der Waals surface area contributed by atoms with Gasteiger partial charge in [0.2, 0.25) is 0 Å². The average molecular weight is 243 g/mol. The maximum absolute atomic E-state index is 13.0. The number of halogens is 3. The number of hydrogen-bond donors (Lipinski definition) is 0. The van der Waals surface area contributed by atoms with Crippen molar-refractivity contribution in [3.05, 3.63) is 30.3 Å². The molecule has 14 heavy (non-hydrogen) atoms. The van der Waals surface area contributed by atoms with Gasteiger partial charge in [-0.25, -0.2) is 0 Å². The normalized spacial score (nSPS) is 12.5. The van der Waals surface area contributed by atoms with Crippen LogP contribution in [-0.4, -0.2) is 8.42 Å². The van der Waals surface area contributed by atoms with Crippen LogP contribution in [0.1, 0.15) is 0 Å². The van der Waals surface area contributed by atoms with E-state index in [1.54, 1.807) is 0 Å². The van der Waals surface area contributed by atoms with E-state index in [-0.39, 0.29) is 0 Å². The second-order valence-corrected chi connectivity index (χ2v) is 5.28. The lowest BCUT2D eigenvalue weighted by Gasteiger charge is -2.02. The Bertz CT molecular complexity index is 467. The van der Waals surface area contributed by atoms with Gasteiger partial charge in [-0.1, -0.05) is 26.2 Å². The van der Waals surface area contributed by atoms with Crippen molar-refractivity contribution in [1.29, 1.82) is 0 Å². The molecule has 1 aromatic rings. The molecule has 0 spiro atoms. The van der Waals surface area contributed by atoms with Crippen molar-refractivity contribution in [3.63, 3.8) is 0 Å². The van der Waals surface area contributed by atoms with E-state index in [1.165, 1.54) is 18.2 Å². The summed E-state index contributed by atoms with van der Waals surface area (Å²) in [4.78, 5) is 0. The zero-order valence-corrected chi connectivity index (χ0v) is 8.35. The highest BCUT2D eigenvalue weighted by Gasteiger charge is 2.24. The summed E-state index contributed by atoms with van der Waals surface area (Å²) in [6.07, 6.45) is 0. The smallest absolute Gasteiger partial charge is 0.169 e. The molecule has 1 aromatic carbocycles. The number of benzene rings is 1. The van der Waals surface area contributed by atoms with E-state index < -0.39 is 23.4 Å². The van der Waals surface area contributed by atoms with Crippen molar-refractivity contribution in [1.82, 2.24) is 0 Å². The van der Waals surface area contributed by atoms with Crippen molar-refractivity contribution < 1.29 is 20.7 Å². The molecule has 0 saturated heterocycles. The third-order valence-electron chi connectivity index (χ3n) is 1.27. The predicted molar refractivity (Wildman–Crippen MR) is 47.7 cm³/mol. The highest BCUT2D eigenvalue weighted by Crippen LogP contribution is 2.52. The molecule has 0 atom stereocenters. The molecule has 0 N–H and O–H groups in total. The predicted octanol–water partition coefficient (Wildman–Crippen LogP) is 2.50. The summed E-state index contributed by atoms with van der Waals surface area (Å²) in [5, 5.41) is -0.568. The van der Waals surface area contributed by atoms with Gasteiger partial charge in [-0.05, 0) is 12.1 Å². The van der Waals surface area contributed by atoms with Gasteiger partial charge in [-0.15, -0.1) is 0 Å². The summed E-state index contributed by atoms with van der Waals surface area (Å²) in [7, 11) is -10.8. The first-order valence-electron chi connectivity index (χ1n) is 3.34. The van der Waals surface area contributed by atoms with E-state index in [1.807, 2.05) is 4.15 Å². The van der Waals surface area contributed by atoms with Gasteiger partial charge in [0.05, 0.1) is 5.30 Å². The first-order chi connectivity index (χ1) is 6.31. The Balaban J connectivity index is 3.29. The van der Waals surface area contributed by atoms with Crippen molar-refractivity contribution in [2.45, 2.75) is 0 Å². The maximum Gasteiger partial charge on any atom is 0.421 e. The van der Waals surface area contributed by atoms with Gasteiger partial charge in [0.15, 0.2) is 0 Å². The maximum atomic E-state index is 13.0. The second-order valence-electron chi connectivity index (χ2n) is 2.31. The van der Waals surface area contributed by atoms with Gasteiger partial charge in [0, 0.05) is 0 Å². The molecule has 0 bridgehead atoms. The van der Waals surface area contributed by atoms with E-state index >= 15 is 0 Å². The molecule has 0 amide bonds. The third kappa shape index (κ3) is 3.16. The zero-order chi connectivity index (χ0) is 10.8. The van der Waals surface area contributed by atoms with Crippen LogP contribution in [0.15, 0.2) is 34.5 Å². The summed E-state index contributed by atoms with van der Waals surface area (Å²) in [5.41, 5.74) is 0. The minimum absolute atomic E-state index is 0.568. The van der Waals surface area contributed by atoms with Gasteiger partial charge in [0.25, 0.3) is 0 Å². The Kier molecular flexibility index (Phi) is 3.01. The molecular formula is C6H5F3NO2PS. The van der Waals surface area contributed by atoms with E-state index in [9.17, 15) is 20.7 Å². The van der Waals surface area contributed by atoms with E-state index in [0.717, 1.165) is 12.1 Å². The average Bonchev–Trinajstić information content (AvgIpc) is 2.01. The molecule has 0 aromatic heterocycles. The Morgan fingerprint density at radius 1 is 1.14 bits per heavy atom. The van der Waals surface area contributed by atoms with E-state index in [2.05, 4.69) is 0 Å². The van der Waals surface area contributed by atoms with Crippen LogP contribution in [0.2, 0.25) is 0 Å². The fourth-order valence-corrected chi connectivity index (χ4v) is 2.66. The first kappa shape index (κ1) is 11.3. The molecule has 78 valence electrons. The van der Waals surface area contributed by atoms with Crippen LogP contribution in [0.3, 0.4) is 0 Å². The van der Waals surface area contributed by atoms with E-state index in [4.69, 9.17) is 0 Å². The standard InChI is InChI=1S/C6H5F3NO2PS/c7-13(8,10-14(9,11)12)6-4-2-1-3-5-6/h1-5H. The summed E-state index contributed by atoms with van der Waals surface area (Å²) in [6, 6.07) is 6.07. The van der Waals surface area contributed by atoms with Crippen LogP contribution in [0.4, 0.5) is 12.3 Å². The van der Waals surface area contributed by atoms with Crippen molar-refractivity contribution in [2.75, 3.05) is 0 Å². The molecule has 0 heterocycles. The van der Waals surface area contributed by atoms with Crippen LogP contribution < -0.4 is 5.30 Å². The molecule has 0 aliphatic carbocycles. The molecule has 0 radical (unpaired) electrons. The third-order valence-corrected chi connectivity index (χ3v) is 3.79. The minimum atomic E-state index is -5.51. The quantitative estimate of drug-likeness (QED) is 0.591. The Hall–Kier alpha value is -0.810. The van der Waals surface area contributed by atoms with Gasteiger partial charge < -0.3 is 0 Å². The fourth-order valence-electron chi connectivity index (χ4n) is 0.777. The fraction of sp³-hybridized carbons (Fsp3) is 0. The Labute approximate surface area is 79.2 Å².